The summed E-state index contributed by atoms with van der Waals surface area (Å²) in [7, 11) is 0. The average Bonchev–Trinajstić information content (AvgIpc) is 2.90. The van der Waals surface area contributed by atoms with E-state index in [1.54, 1.807) is 0 Å². The smallest absolute Gasteiger partial charge is 0.152 e. The molecule has 2 N–H and O–H groups in total. The third-order valence-electron chi connectivity index (χ3n) is 3.51. The van der Waals surface area contributed by atoms with Gasteiger partial charge in [-0.3, -0.25) is 0 Å². The maximum absolute atomic E-state index is 12.8. The van der Waals surface area contributed by atoms with E-state index in [9.17, 15) is 9.50 Å². The molecule has 0 aliphatic heterocycles. The molecule has 2 aromatic heterocycles. The fraction of sp³-hybridized carbons (Fsp3) is 0.235. The minimum atomic E-state index is -0.701. The van der Waals surface area contributed by atoms with Crippen LogP contribution in [0.3, 0.4) is 0 Å². The predicted octanol–water partition coefficient (Wildman–Crippen LogP) is 2.66. The van der Waals surface area contributed by atoms with Crippen LogP contribution in [-0.4, -0.2) is 33.7 Å². The molecule has 0 saturated heterocycles. The highest BCUT2D eigenvalue weighted by molar-refractivity contribution is 6.30. The summed E-state index contributed by atoms with van der Waals surface area (Å²) >= 11 is 6.15. The number of nitrogens with one attached hydrogen (secondary N) is 1. The molecule has 1 aromatic carbocycles. The first-order valence-electron chi connectivity index (χ1n) is 7.52. The molecule has 1 atom stereocenters. The van der Waals surface area contributed by atoms with E-state index in [0.717, 1.165) is 11.3 Å². The molecule has 0 aliphatic carbocycles. The highest BCUT2D eigenvalue weighted by Crippen LogP contribution is 2.17. The summed E-state index contributed by atoms with van der Waals surface area (Å²) in [4.78, 5) is 4.26. The number of hydrogen-bond acceptors (Lipinski definition) is 4. The Hall–Kier alpha value is -2.15. The van der Waals surface area contributed by atoms with Gasteiger partial charge in [-0.15, -0.1) is 0 Å². The van der Waals surface area contributed by atoms with Crippen LogP contribution in [0.25, 0.3) is 5.65 Å². The predicted molar refractivity (Wildman–Crippen MR) is 89.8 cm³/mol. The van der Waals surface area contributed by atoms with Crippen molar-refractivity contribution in [3.05, 3.63) is 65.3 Å². The number of hydrogen-bond donors (Lipinski definition) is 2. The number of halogens is 2. The van der Waals surface area contributed by atoms with Crippen LogP contribution in [0.4, 0.5) is 4.39 Å². The lowest BCUT2D eigenvalue weighted by molar-refractivity contribution is 0.106. The van der Waals surface area contributed by atoms with Crippen molar-refractivity contribution >= 4 is 17.2 Å². The molecule has 5 nitrogen and oxygen atoms in total. The number of ether oxygens (including phenoxy) is 1. The quantitative estimate of drug-likeness (QED) is 0.688. The van der Waals surface area contributed by atoms with E-state index in [4.69, 9.17) is 16.3 Å². The van der Waals surface area contributed by atoms with Crippen LogP contribution in [0.1, 0.15) is 5.69 Å². The SMILES string of the molecule is OC(CNCc1c(Cl)nc2ccccn12)COc1ccc(F)cc1. The molecule has 0 aliphatic rings. The maximum atomic E-state index is 12.8. The Morgan fingerprint density at radius 1 is 1.25 bits per heavy atom. The summed E-state index contributed by atoms with van der Waals surface area (Å²) in [6.45, 7) is 0.911. The molecular formula is C17H17ClFN3O2. The summed E-state index contributed by atoms with van der Waals surface area (Å²) in [5, 5.41) is 13.5. The van der Waals surface area contributed by atoms with Gasteiger partial charge in [-0.2, -0.15) is 0 Å². The standard InChI is InChI=1S/C17H17ClFN3O2/c18-17-15(22-8-2-1-3-16(22)21-17)10-20-9-13(23)11-24-14-6-4-12(19)5-7-14/h1-8,13,20,23H,9-11H2. The average molecular weight is 350 g/mol. The number of aliphatic hydroxyl groups excluding tert-OH is 1. The molecule has 3 rings (SSSR count). The Morgan fingerprint density at radius 3 is 2.83 bits per heavy atom. The molecule has 3 aromatic rings. The Kier molecular flexibility index (Phi) is 5.30. The van der Waals surface area contributed by atoms with Gasteiger partial charge in [0.1, 0.15) is 29.9 Å². The van der Waals surface area contributed by atoms with E-state index in [0.29, 0.717) is 24.0 Å². The van der Waals surface area contributed by atoms with Crippen LogP contribution in [0.2, 0.25) is 5.15 Å². The van der Waals surface area contributed by atoms with Gasteiger partial charge in [-0.1, -0.05) is 17.7 Å². The summed E-state index contributed by atoms with van der Waals surface area (Å²) < 4.78 is 20.1. The van der Waals surface area contributed by atoms with Gasteiger partial charge in [0.25, 0.3) is 0 Å². The van der Waals surface area contributed by atoms with Gasteiger partial charge in [0.2, 0.25) is 0 Å². The first kappa shape index (κ1) is 16.7. The third-order valence-corrected chi connectivity index (χ3v) is 3.81. The van der Waals surface area contributed by atoms with Crippen molar-refractivity contribution < 1.29 is 14.2 Å². The molecule has 24 heavy (non-hydrogen) atoms. The Labute approximate surface area is 143 Å². The molecule has 1 unspecified atom stereocenters. The van der Waals surface area contributed by atoms with Crippen molar-refractivity contribution in [2.45, 2.75) is 12.6 Å². The maximum Gasteiger partial charge on any atom is 0.152 e. The highest BCUT2D eigenvalue weighted by Gasteiger charge is 2.11. The highest BCUT2D eigenvalue weighted by atomic mass is 35.5. The monoisotopic (exact) mass is 349 g/mol. The van der Waals surface area contributed by atoms with Crippen molar-refractivity contribution in [3.63, 3.8) is 0 Å². The van der Waals surface area contributed by atoms with Crippen LogP contribution in [0, 0.1) is 5.82 Å². The molecule has 0 fully saturated rings. The molecular weight excluding hydrogens is 333 g/mol. The number of nitrogens with zero attached hydrogens (tertiary/aromatic N) is 2. The van der Waals surface area contributed by atoms with Crippen molar-refractivity contribution in [2.24, 2.45) is 0 Å². The summed E-state index contributed by atoms with van der Waals surface area (Å²) in [6.07, 6.45) is 1.19. The topological polar surface area (TPSA) is 58.8 Å². The van der Waals surface area contributed by atoms with Gasteiger partial charge in [-0.05, 0) is 36.4 Å². The van der Waals surface area contributed by atoms with Gasteiger partial charge in [0.05, 0.1) is 5.69 Å². The van der Waals surface area contributed by atoms with E-state index < -0.39 is 6.10 Å². The zero-order valence-corrected chi connectivity index (χ0v) is 13.6. The lowest BCUT2D eigenvalue weighted by Gasteiger charge is -2.13. The second-order valence-corrected chi connectivity index (χ2v) is 5.69. The first-order chi connectivity index (χ1) is 11.6. The number of benzene rings is 1. The van der Waals surface area contributed by atoms with Crippen molar-refractivity contribution in [3.8, 4) is 5.75 Å². The Bertz CT molecular complexity index is 807. The Balaban J connectivity index is 1.48. The molecule has 0 bridgehead atoms. The molecule has 0 radical (unpaired) electrons. The van der Waals surface area contributed by atoms with E-state index in [-0.39, 0.29) is 12.4 Å². The minimum absolute atomic E-state index is 0.111. The van der Waals surface area contributed by atoms with Gasteiger partial charge in [-0.25, -0.2) is 9.37 Å². The molecule has 0 spiro atoms. The Morgan fingerprint density at radius 2 is 2.04 bits per heavy atom. The molecule has 126 valence electrons. The van der Waals surface area contributed by atoms with Crippen molar-refractivity contribution in [1.82, 2.24) is 14.7 Å². The second kappa shape index (κ2) is 7.61. The number of imidazole rings is 1. The number of fused-ring (bicyclic) bond motifs is 1. The minimum Gasteiger partial charge on any atom is -0.491 e. The number of rotatable bonds is 7. The molecule has 0 saturated carbocycles. The first-order valence-corrected chi connectivity index (χ1v) is 7.90. The van der Waals surface area contributed by atoms with Crippen LogP contribution < -0.4 is 10.1 Å². The third kappa shape index (κ3) is 4.03. The van der Waals surface area contributed by atoms with Gasteiger partial charge in [0.15, 0.2) is 5.15 Å². The van der Waals surface area contributed by atoms with Crippen LogP contribution >= 0.6 is 11.6 Å². The van der Waals surface area contributed by atoms with E-state index in [1.807, 2.05) is 28.8 Å². The zero-order chi connectivity index (χ0) is 16.9. The summed E-state index contributed by atoms with van der Waals surface area (Å²) in [6, 6.07) is 11.3. The lowest BCUT2D eigenvalue weighted by atomic mass is 10.3. The normalized spacial score (nSPS) is 12.5. The van der Waals surface area contributed by atoms with Crippen LogP contribution in [0.5, 0.6) is 5.75 Å². The van der Waals surface area contributed by atoms with Gasteiger partial charge >= 0.3 is 0 Å². The van der Waals surface area contributed by atoms with Crippen molar-refractivity contribution in [1.29, 1.82) is 0 Å². The number of aliphatic hydroxyl groups is 1. The van der Waals surface area contributed by atoms with E-state index in [2.05, 4.69) is 10.3 Å². The second-order valence-electron chi connectivity index (χ2n) is 5.33. The van der Waals surface area contributed by atoms with E-state index >= 15 is 0 Å². The summed E-state index contributed by atoms with van der Waals surface area (Å²) in [5.74, 6) is 0.190. The summed E-state index contributed by atoms with van der Waals surface area (Å²) in [5.41, 5.74) is 1.61. The van der Waals surface area contributed by atoms with Crippen LogP contribution in [-0.2, 0) is 6.54 Å². The number of pyridine rings is 1. The molecule has 7 heteroatoms. The molecule has 0 amide bonds. The van der Waals surface area contributed by atoms with Crippen molar-refractivity contribution in [2.75, 3.05) is 13.2 Å². The fourth-order valence-corrected chi connectivity index (χ4v) is 2.56. The zero-order valence-electron chi connectivity index (χ0n) is 12.8. The molecule has 2 heterocycles. The fourth-order valence-electron chi connectivity index (χ4n) is 2.32. The number of aromatic nitrogens is 2. The van der Waals surface area contributed by atoms with Gasteiger partial charge in [0, 0.05) is 19.3 Å². The lowest BCUT2D eigenvalue weighted by Crippen LogP contribution is -2.31. The van der Waals surface area contributed by atoms with Crippen LogP contribution in [0.15, 0.2) is 48.7 Å². The van der Waals surface area contributed by atoms with Gasteiger partial charge < -0.3 is 19.6 Å². The largest absolute Gasteiger partial charge is 0.491 e. The van der Waals surface area contributed by atoms with E-state index in [1.165, 1.54) is 24.3 Å².